The van der Waals surface area contributed by atoms with Crippen molar-refractivity contribution in [2.45, 2.75) is 45.4 Å². The molecule has 2 aromatic rings. The van der Waals surface area contributed by atoms with E-state index in [-0.39, 0.29) is 17.3 Å². The van der Waals surface area contributed by atoms with Crippen LogP contribution in [0.25, 0.3) is 6.08 Å². The van der Waals surface area contributed by atoms with Gasteiger partial charge in [-0.05, 0) is 42.3 Å². The third-order valence-corrected chi connectivity index (χ3v) is 5.19. The van der Waals surface area contributed by atoms with Gasteiger partial charge in [-0.2, -0.15) is 0 Å². The summed E-state index contributed by atoms with van der Waals surface area (Å²) < 4.78 is 16.5. The topological polar surface area (TPSA) is 100 Å². The van der Waals surface area contributed by atoms with Crippen molar-refractivity contribution in [1.29, 1.82) is 0 Å². The first kappa shape index (κ1) is 24.0. The molecule has 1 heterocycles. The average molecular weight is 453 g/mol. The van der Waals surface area contributed by atoms with E-state index in [1.54, 1.807) is 19.3 Å². The molecular weight excluding hydrogens is 424 g/mol. The van der Waals surface area contributed by atoms with Crippen LogP contribution in [0.2, 0.25) is 0 Å². The predicted octanol–water partition coefficient (Wildman–Crippen LogP) is 5.69. The van der Waals surface area contributed by atoms with Crippen molar-refractivity contribution < 1.29 is 23.9 Å². The minimum Gasteiger partial charge on any atom is -0.493 e. The number of carbonyl (C=O) groups is 1. The number of aliphatic imine (C=N–C) groups is 1. The van der Waals surface area contributed by atoms with Crippen molar-refractivity contribution in [3.63, 3.8) is 0 Å². The number of rotatable bonds is 12. The first-order valence-electron chi connectivity index (χ1n) is 11.1. The Morgan fingerprint density at radius 1 is 1.03 bits per heavy atom. The summed E-state index contributed by atoms with van der Waals surface area (Å²) in [5, 5.41) is 10.8. The van der Waals surface area contributed by atoms with Gasteiger partial charge in [0.25, 0.3) is 5.69 Å². The Labute approximate surface area is 193 Å². The van der Waals surface area contributed by atoms with Crippen molar-refractivity contribution in [1.82, 2.24) is 0 Å². The van der Waals surface area contributed by atoms with Crippen LogP contribution in [0.5, 0.6) is 11.5 Å². The van der Waals surface area contributed by atoms with Crippen LogP contribution in [0.4, 0.5) is 5.69 Å². The molecule has 2 aromatic carbocycles. The number of cyclic esters (lactones) is 1. The number of unbranched alkanes of at least 4 members (excludes halogenated alkanes) is 5. The number of non-ortho nitro benzene ring substituents is 1. The van der Waals surface area contributed by atoms with E-state index in [9.17, 15) is 14.9 Å². The lowest BCUT2D eigenvalue weighted by atomic mass is 10.1. The van der Waals surface area contributed by atoms with E-state index in [4.69, 9.17) is 14.2 Å². The van der Waals surface area contributed by atoms with Crippen LogP contribution in [-0.2, 0) is 9.53 Å². The fourth-order valence-corrected chi connectivity index (χ4v) is 3.37. The molecular formula is C25H28N2O6. The lowest BCUT2D eigenvalue weighted by molar-refractivity contribution is -0.384. The van der Waals surface area contributed by atoms with Gasteiger partial charge in [-0.15, -0.1) is 0 Å². The molecule has 0 bridgehead atoms. The number of nitro groups is 1. The van der Waals surface area contributed by atoms with E-state index >= 15 is 0 Å². The Morgan fingerprint density at radius 3 is 2.45 bits per heavy atom. The summed E-state index contributed by atoms with van der Waals surface area (Å²) in [4.78, 5) is 26.8. The largest absolute Gasteiger partial charge is 0.493 e. The molecule has 33 heavy (non-hydrogen) atoms. The highest BCUT2D eigenvalue weighted by Gasteiger charge is 2.24. The molecule has 0 fully saturated rings. The van der Waals surface area contributed by atoms with E-state index < -0.39 is 10.9 Å². The Hall–Kier alpha value is -3.68. The fraction of sp³-hybridized carbons (Fsp3) is 0.360. The molecule has 0 saturated heterocycles. The van der Waals surface area contributed by atoms with Gasteiger partial charge in [0.05, 0.1) is 18.6 Å². The van der Waals surface area contributed by atoms with Gasteiger partial charge in [-0.3, -0.25) is 10.1 Å². The number of nitro benzene ring substituents is 1. The molecule has 8 heteroatoms. The maximum Gasteiger partial charge on any atom is 0.363 e. The lowest BCUT2D eigenvalue weighted by Gasteiger charge is -2.11. The summed E-state index contributed by atoms with van der Waals surface area (Å²) in [5.41, 5.74) is 1.27. The molecule has 174 valence electrons. The minimum absolute atomic E-state index is 0.0506. The molecule has 0 amide bonds. The smallest absolute Gasteiger partial charge is 0.363 e. The summed E-state index contributed by atoms with van der Waals surface area (Å²) in [7, 11) is 1.57. The predicted molar refractivity (Wildman–Crippen MR) is 126 cm³/mol. The first-order valence-corrected chi connectivity index (χ1v) is 11.1. The van der Waals surface area contributed by atoms with Gasteiger partial charge >= 0.3 is 5.97 Å². The average Bonchev–Trinajstić information content (AvgIpc) is 3.19. The molecule has 0 N–H and O–H groups in total. The highest BCUT2D eigenvalue weighted by atomic mass is 16.6. The highest BCUT2D eigenvalue weighted by Crippen LogP contribution is 2.30. The molecule has 0 aromatic heterocycles. The third-order valence-electron chi connectivity index (χ3n) is 5.19. The normalized spacial score (nSPS) is 14.2. The van der Waals surface area contributed by atoms with E-state index in [0.29, 0.717) is 29.2 Å². The van der Waals surface area contributed by atoms with E-state index in [2.05, 4.69) is 11.9 Å². The van der Waals surface area contributed by atoms with Crippen molar-refractivity contribution in [2.24, 2.45) is 4.99 Å². The molecule has 0 saturated carbocycles. The third kappa shape index (κ3) is 6.65. The van der Waals surface area contributed by atoms with Gasteiger partial charge in [0.2, 0.25) is 5.90 Å². The van der Waals surface area contributed by atoms with Crippen LogP contribution < -0.4 is 9.47 Å². The number of esters is 1. The maximum absolute atomic E-state index is 12.3. The van der Waals surface area contributed by atoms with E-state index in [1.807, 2.05) is 12.1 Å². The molecule has 3 rings (SSSR count). The zero-order valence-corrected chi connectivity index (χ0v) is 18.9. The van der Waals surface area contributed by atoms with Crippen molar-refractivity contribution in [3.05, 3.63) is 69.4 Å². The quantitative estimate of drug-likeness (QED) is 0.135. The van der Waals surface area contributed by atoms with Gasteiger partial charge < -0.3 is 14.2 Å². The second-order valence-corrected chi connectivity index (χ2v) is 7.67. The monoisotopic (exact) mass is 452 g/mol. The van der Waals surface area contributed by atoms with Crippen LogP contribution >= 0.6 is 0 Å². The first-order chi connectivity index (χ1) is 16.0. The summed E-state index contributed by atoms with van der Waals surface area (Å²) in [6.07, 6.45) is 8.73. The standard InChI is InChI=1S/C25H28N2O6/c1-3-4-5-6-7-8-15-32-22-14-9-18(17-23(22)31-2)16-21-25(28)33-24(26-21)19-10-12-20(13-11-19)27(29)30/h9-14,16-17H,3-8,15H2,1-2H3/b21-16-. The molecule has 0 atom stereocenters. The number of hydrogen-bond acceptors (Lipinski definition) is 7. The number of benzene rings is 2. The van der Waals surface area contributed by atoms with Crippen LogP contribution in [-0.4, -0.2) is 30.5 Å². The second-order valence-electron chi connectivity index (χ2n) is 7.67. The van der Waals surface area contributed by atoms with Gasteiger partial charge in [-0.25, -0.2) is 9.79 Å². The minimum atomic E-state index is -0.592. The van der Waals surface area contributed by atoms with Crippen molar-refractivity contribution in [2.75, 3.05) is 13.7 Å². The Bertz CT molecular complexity index is 1040. The van der Waals surface area contributed by atoms with E-state index in [1.165, 1.54) is 49.9 Å². The van der Waals surface area contributed by atoms with Crippen LogP contribution in [0.15, 0.2) is 53.2 Å². The zero-order valence-electron chi connectivity index (χ0n) is 18.9. The van der Waals surface area contributed by atoms with Gasteiger partial charge in [0, 0.05) is 17.7 Å². The summed E-state index contributed by atoms with van der Waals surface area (Å²) >= 11 is 0. The number of carbonyl (C=O) groups excluding carboxylic acids is 1. The second kappa shape index (κ2) is 11.8. The van der Waals surface area contributed by atoms with Crippen molar-refractivity contribution in [3.8, 4) is 11.5 Å². The zero-order chi connectivity index (χ0) is 23.6. The Kier molecular flexibility index (Phi) is 8.57. The molecule has 1 aliphatic heterocycles. The fourth-order valence-electron chi connectivity index (χ4n) is 3.37. The van der Waals surface area contributed by atoms with Crippen LogP contribution in [0, 0.1) is 10.1 Å². The Morgan fingerprint density at radius 2 is 1.76 bits per heavy atom. The molecule has 0 aliphatic carbocycles. The number of ether oxygens (including phenoxy) is 3. The van der Waals surface area contributed by atoms with Crippen LogP contribution in [0.1, 0.15) is 56.6 Å². The highest BCUT2D eigenvalue weighted by molar-refractivity contribution is 6.12. The van der Waals surface area contributed by atoms with E-state index in [0.717, 1.165) is 12.8 Å². The summed E-state index contributed by atoms with van der Waals surface area (Å²) in [6, 6.07) is 11.1. The molecule has 0 radical (unpaired) electrons. The summed E-state index contributed by atoms with van der Waals surface area (Å²) in [5.74, 6) is 0.733. The van der Waals surface area contributed by atoms with Gasteiger partial charge in [0.15, 0.2) is 17.2 Å². The van der Waals surface area contributed by atoms with Crippen molar-refractivity contribution >= 4 is 23.6 Å². The lowest BCUT2D eigenvalue weighted by Crippen LogP contribution is -2.05. The molecule has 1 aliphatic rings. The van der Waals surface area contributed by atoms with Gasteiger partial charge in [-0.1, -0.05) is 45.1 Å². The molecule has 0 spiro atoms. The van der Waals surface area contributed by atoms with Gasteiger partial charge in [0.1, 0.15) is 0 Å². The number of nitrogens with zero attached hydrogens (tertiary/aromatic N) is 2. The molecule has 0 unspecified atom stereocenters. The van der Waals surface area contributed by atoms with Crippen LogP contribution in [0.3, 0.4) is 0 Å². The maximum atomic E-state index is 12.3. The molecule has 8 nitrogen and oxygen atoms in total. The number of hydrogen-bond donors (Lipinski definition) is 0. The number of methoxy groups -OCH3 is 1. The summed E-state index contributed by atoms with van der Waals surface area (Å²) in [6.45, 7) is 2.83. The SMILES string of the molecule is CCCCCCCCOc1ccc(/C=C2\N=C(c3ccc([N+](=O)[O-])cc3)OC2=O)cc1OC. The Balaban J connectivity index is 1.65.